The van der Waals surface area contributed by atoms with Gasteiger partial charge >= 0.3 is 0 Å². The van der Waals surface area contributed by atoms with Gasteiger partial charge in [-0.25, -0.2) is 4.98 Å². The minimum atomic E-state index is 0.464. The Kier molecular flexibility index (Phi) is 3.74. The second kappa shape index (κ2) is 5.10. The predicted octanol–water partition coefficient (Wildman–Crippen LogP) is 1.85. The Hall–Kier alpha value is -1.00. The number of aromatic nitrogens is 1. The van der Waals surface area contributed by atoms with E-state index in [0.717, 1.165) is 32.0 Å². The molecule has 94 valence electrons. The third-order valence-corrected chi connectivity index (χ3v) is 3.37. The Bertz CT molecular complexity index is 366. The van der Waals surface area contributed by atoms with Crippen molar-refractivity contribution in [2.24, 2.45) is 0 Å². The Morgan fingerprint density at radius 3 is 2.41 bits per heavy atom. The summed E-state index contributed by atoms with van der Waals surface area (Å²) in [6, 6.07) is 4.17. The molecule has 0 amide bonds. The van der Waals surface area contributed by atoms with Gasteiger partial charge in [0.1, 0.15) is 11.0 Å². The van der Waals surface area contributed by atoms with E-state index in [0.29, 0.717) is 16.9 Å². The summed E-state index contributed by atoms with van der Waals surface area (Å²) in [5.41, 5.74) is 6.45. The first-order valence-corrected chi connectivity index (χ1v) is 6.36. The second-order valence-electron chi connectivity index (χ2n) is 4.70. The molecule has 1 aromatic heterocycles. The maximum absolute atomic E-state index is 5.92. The maximum atomic E-state index is 5.92. The van der Waals surface area contributed by atoms with E-state index in [4.69, 9.17) is 17.3 Å². The molecule has 0 bridgehead atoms. The van der Waals surface area contributed by atoms with Crippen molar-refractivity contribution in [2.45, 2.75) is 19.9 Å². The van der Waals surface area contributed by atoms with Gasteiger partial charge in [-0.3, -0.25) is 4.90 Å². The molecule has 0 aliphatic carbocycles. The van der Waals surface area contributed by atoms with Crippen LogP contribution in [0.5, 0.6) is 0 Å². The van der Waals surface area contributed by atoms with E-state index in [1.54, 1.807) is 6.07 Å². The Morgan fingerprint density at radius 2 is 1.88 bits per heavy atom. The highest BCUT2D eigenvalue weighted by Crippen LogP contribution is 2.21. The summed E-state index contributed by atoms with van der Waals surface area (Å²) in [5.74, 6) is 0.887. The first-order valence-electron chi connectivity index (χ1n) is 5.98. The predicted molar refractivity (Wildman–Crippen MR) is 72.6 cm³/mol. The number of hydrogen-bond acceptors (Lipinski definition) is 4. The number of rotatable bonds is 2. The first-order chi connectivity index (χ1) is 8.06. The highest BCUT2D eigenvalue weighted by atomic mass is 35.5. The van der Waals surface area contributed by atoms with Gasteiger partial charge in [-0.05, 0) is 19.9 Å². The van der Waals surface area contributed by atoms with Crippen molar-refractivity contribution >= 4 is 23.1 Å². The van der Waals surface area contributed by atoms with Gasteiger partial charge in [0.25, 0.3) is 0 Å². The van der Waals surface area contributed by atoms with E-state index < -0.39 is 0 Å². The van der Waals surface area contributed by atoms with Gasteiger partial charge in [0.2, 0.25) is 0 Å². The molecule has 0 spiro atoms. The quantitative estimate of drug-likeness (QED) is 0.819. The largest absolute Gasteiger partial charge is 0.399 e. The van der Waals surface area contributed by atoms with Gasteiger partial charge in [-0.1, -0.05) is 11.6 Å². The number of hydrogen-bond donors (Lipinski definition) is 1. The van der Waals surface area contributed by atoms with Crippen LogP contribution in [0, 0.1) is 0 Å². The number of nitrogen functional groups attached to an aromatic ring is 1. The van der Waals surface area contributed by atoms with Crippen LogP contribution in [-0.2, 0) is 0 Å². The summed E-state index contributed by atoms with van der Waals surface area (Å²) >= 11 is 5.92. The zero-order chi connectivity index (χ0) is 12.4. The molecule has 1 aliphatic heterocycles. The number of pyridine rings is 1. The van der Waals surface area contributed by atoms with E-state index in [9.17, 15) is 0 Å². The van der Waals surface area contributed by atoms with Crippen molar-refractivity contribution in [3.8, 4) is 0 Å². The van der Waals surface area contributed by atoms with E-state index >= 15 is 0 Å². The molecule has 1 aliphatic rings. The van der Waals surface area contributed by atoms with Gasteiger partial charge < -0.3 is 10.6 Å². The minimum Gasteiger partial charge on any atom is -0.399 e. The molecule has 2 heterocycles. The third kappa shape index (κ3) is 3.01. The molecule has 1 fully saturated rings. The van der Waals surface area contributed by atoms with Crippen LogP contribution in [0.15, 0.2) is 12.1 Å². The van der Waals surface area contributed by atoms with Crippen LogP contribution < -0.4 is 10.6 Å². The molecule has 1 saturated heterocycles. The number of nitrogens with zero attached hydrogens (tertiary/aromatic N) is 3. The molecule has 2 rings (SSSR count). The monoisotopic (exact) mass is 254 g/mol. The zero-order valence-electron chi connectivity index (χ0n) is 10.4. The van der Waals surface area contributed by atoms with Crippen molar-refractivity contribution in [1.29, 1.82) is 0 Å². The fourth-order valence-electron chi connectivity index (χ4n) is 2.13. The van der Waals surface area contributed by atoms with E-state index in [-0.39, 0.29) is 0 Å². The van der Waals surface area contributed by atoms with Crippen LogP contribution in [-0.4, -0.2) is 42.1 Å². The molecule has 0 saturated carbocycles. The lowest BCUT2D eigenvalue weighted by Crippen LogP contribution is -2.49. The summed E-state index contributed by atoms with van der Waals surface area (Å²) in [4.78, 5) is 9.02. The maximum Gasteiger partial charge on any atom is 0.133 e. The number of nitrogens with two attached hydrogens (primary N) is 1. The summed E-state index contributed by atoms with van der Waals surface area (Å²) in [5, 5.41) is 0.464. The topological polar surface area (TPSA) is 45.4 Å². The van der Waals surface area contributed by atoms with Crippen molar-refractivity contribution in [1.82, 2.24) is 9.88 Å². The third-order valence-electron chi connectivity index (χ3n) is 3.17. The van der Waals surface area contributed by atoms with E-state index in [1.807, 2.05) is 6.07 Å². The summed E-state index contributed by atoms with van der Waals surface area (Å²) in [6.45, 7) is 8.53. The van der Waals surface area contributed by atoms with Crippen LogP contribution in [0.3, 0.4) is 0 Å². The normalized spacial score (nSPS) is 17.8. The van der Waals surface area contributed by atoms with Crippen LogP contribution >= 0.6 is 11.6 Å². The summed E-state index contributed by atoms with van der Waals surface area (Å²) < 4.78 is 0. The summed E-state index contributed by atoms with van der Waals surface area (Å²) in [6.07, 6.45) is 0. The molecule has 0 unspecified atom stereocenters. The van der Waals surface area contributed by atoms with Crippen molar-refractivity contribution in [3.63, 3.8) is 0 Å². The second-order valence-corrected chi connectivity index (χ2v) is 5.09. The highest BCUT2D eigenvalue weighted by molar-refractivity contribution is 6.29. The lowest BCUT2D eigenvalue weighted by atomic mass is 10.2. The molecule has 0 radical (unpaired) electrons. The lowest BCUT2D eigenvalue weighted by Gasteiger charge is -2.37. The average Bonchev–Trinajstić information content (AvgIpc) is 2.28. The standard InChI is InChI=1S/C12H19ClN4/c1-9(2)16-3-5-17(6-4-16)12-8-10(14)7-11(13)15-12/h7-9H,3-6H2,1-2H3,(H2,14,15). The summed E-state index contributed by atoms with van der Waals surface area (Å²) in [7, 11) is 0. The molecule has 4 nitrogen and oxygen atoms in total. The van der Waals surface area contributed by atoms with Crippen LogP contribution in [0.1, 0.15) is 13.8 Å². The fraction of sp³-hybridized carbons (Fsp3) is 0.583. The van der Waals surface area contributed by atoms with Gasteiger partial charge in [0.05, 0.1) is 0 Å². The number of piperazine rings is 1. The number of halogens is 1. The Balaban J connectivity index is 2.05. The van der Waals surface area contributed by atoms with Gasteiger partial charge in [-0.15, -0.1) is 0 Å². The fourth-order valence-corrected chi connectivity index (χ4v) is 2.34. The van der Waals surface area contributed by atoms with Gasteiger partial charge in [0.15, 0.2) is 0 Å². The molecule has 0 aromatic carbocycles. The highest BCUT2D eigenvalue weighted by Gasteiger charge is 2.19. The number of anilines is 2. The van der Waals surface area contributed by atoms with E-state index in [1.165, 1.54) is 0 Å². The first kappa shape index (κ1) is 12.5. The van der Waals surface area contributed by atoms with Crippen LogP contribution in [0.25, 0.3) is 0 Å². The van der Waals surface area contributed by atoms with Crippen molar-refractivity contribution in [2.75, 3.05) is 36.8 Å². The van der Waals surface area contributed by atoms with E-state index in [2.05, 4.69) is 28.6 Å². The SMILES string of the molecule is CC(C)N1CCN(c2cc(N)cc(Cl)n2)CC1. The molecule has 17 heavy (non-hydrogen) atoms. The van der Waals surface area contributed by atoms with Crippen molar-refractivity contribution in [3.05, 3.63) is 17.3 Å². The molecule has 2 N–H and O–H groups in total. The smallest absolute Gasteiger partial charge is 0.133 e. The van der Waals surface area contributed by atoms with Crippen LogP contribution in [0.4, 0.5) is 11.5 Å². The molecule has 0 atom stereocenters. The van der Waals surface area contributed by atoms with Gasteiger partial charge in [0, 0.05) is 44.0 Å². The zero-order valence-corrected chi connectivity index (χ0v) is 11.1. The van der Waals surface area contributed by atoms with Crippen LogP contribution in [0.2, 0.25) is 5.15 Å². The molecule has 1 aromatic rings. The minimum absolute atomic E-state index is 0.464. The lowest BCUT2D eigenvalue weighted by molar-refractivity contribution is 0.209. The Labute approximate surface area is 107 Å². The Morgan fingerprint density at radius 1 is 1.24 bits per heavy atom. The average molecular weight is 255 g/mol. The van der Waals surface area contributed by atoms with Gasteiger partial charge in [-0.2, -0.15) is 0 Å². The molecular weight excluding hydrogens is 236 g/mol. The molecule has 5 heteroatoms. The van der Waals surface area contributed by atoms with Crippen molar-refractivity contribution < 1.29 is 0 Å². The molecular formula is C12H19ClN4.